The molecule has 0 radical (unpaired) electrons. The molecular weight excluding hydrogens is 326 g/mol. The number of aromatic nitrogens is 2. The first-order valence-electron chi connectivity index (χ1n) is 7.47. The molecule has 0 unspecified atom stereocenters. The number of pyridine rings is 1. The number of rotatable bonds is 5. The highest BCUT2D eigenvalue weighted by molar-refractivity contribution is 7.99. The fourth-order valence-corrected chi connectivity index (χ4v) is 3.05. The number of aromatic amines is 1. The molecule has 0 fully saturated rings. The van der Waals surface area contributed by atoms with Gasteiger partial charge in [-0.3, -0.25) is 9.59 Å². The predicted octanol–water partition coefficient (Wildman–Crippen LogP) is 2.54. The van der Waals surface area contributed by atoms with Crippen LogP contribution in [0.25, 0.3) is 11.1 Å². The number of carbonyl (C=O) groups is 1. The van der Waals surface area contributed by atoms with Crippen LogP contribution in [-0.4, -0.2) is 21.6 Å². The molecule has 0 bridgehead atoms. The summed E-state index contributed by atoms with van der Waals surface area (Å²) in [6.45, 7) is 3.89. The predicted molar refractivity (Wildman–Crippen MR) is 93.1 cm³/mol. The topological polar surface area (TPSA) is 88.0 Å². The van der Waals surface area contributed by atoms with Gasteiger partial charge in [0.25, 0.3) is 10.8 Å². The highest BCUT2D eigenvalue weighted by Gasteiger charge is 2.11. The number of para-hydroxylation sites is 2. The van der Waals surface area contributed by atoms with Crippen molar-refractivity contribution in [2.45, 2.75) is 25.6 Å². The average molecular weight is 343 g/mol. The molecule has 0 atom stereocenters. The molecule has 6 nitrogen and oxygen atoms in total. The maximum absolute atomic E-state index is 12.0. The Morgan fingerprint density at radius 3 is 2.88 bits per heavy atom. The van der Waals surface area contributed by atoms with Crippen molar-refractivity contribution in [3.05, 3.63) is 57.5 Å². The van der Waals surface area contributed by atoms with Crippen molar-refractivity contribution in [3.63, 3.8) is 0 Å². The Morgan fingerprint density at radius 2 is 2.12 bits per heavy atom. The molecule has 124 valence electrons. The first-order chi connectivity index (χ1) is 11.5. The van der Waals surface area contributed by atoms with Gasteiger partial charge in [0, 0.05) is 17.8 Å². The Labute approximate surface area is 142 Å². The van der Waals surface area contributed by atoms with Crippen molar-refractivity contribution in [2.75, 3.05) is 5.75 Å². The third-order valence-corrected chi connectivity index (χ3v) is 4.39. The summed E-state index contributed by atoms with van der Waals surface area (Å²) in [5.74, 6) is -0.00282. The van der Waals surface area contributed by atoms with Gasteiger partial charge in [0.15, 0.2) is 5.58 Å². The van der Waals surface area contributed by atoms with Gasteiger partial charge < -0.3 is 14.7 Å². The largest absolute Gasteiger partial charge is 0.431 e. The van der Waals surface area contributed by atoms with Crippen LogP contribution in [0.4, 0.5) is 0 Å². The molecule has 0 aliphatic rings. The van der Waals surface area contributed by atoms with Crippen LogP contribution >= 0.6 is 11.8 Å². The van der Waals surface area contributed by atoms with Crippen LogP contribution in [0, 0.1) is 13.8 Å². The van der Waals surface area contributed by atoms with Gasteiger partial charge in [-0.2, -0.15) is 0 Å². The van der Waals surface area contributed by atoms with E-state index in [0.29, 0.717) is 16.4 Å². The van der Waals surface area contributed by atoms with Gasteiger partial charge in [-0.1, -0.05) is 23.9 Å². The number of amides is 1. The molecule has 7 heteroatoms. The summed E-state index contributed by atoms with van der Waals surface area (Å²) in [6.07, 6.45) is 0. The summed E-state index contributed by atoms with van der Waals surface area (Å²) in [4.78, 5) is 30.9. The van der Waals surface area contributed by atoms with E-state index in [1.807, 2.05) is 44.2 Å². The molecule has 3 aromatic rings. The number of fused-ring (bicyclic) bond motifs is 1. The number of H-pyrrole nitrogens is 1. The number of hydrogen-bond donors (Lipinski definition) is 2. The lowest BCUT2D eigenvalue weighted by Gasteiger charge is -2.07. The summed E-state index contributed by atoms with van der Waals surface area (Å²) in [6, 6.07) is 9.33. The second-order valence-electron chi connectivity index (χ2n) is 5.46. The first-order valence-corrected chi connectivity index (χ1v) is 8.46. The van der Waals surface area contributed by atoms with Crippen LogP contribution in [0.5, 0.6) is 0 Å². The van der Waals surface area contributed by atoms with E-state index in [1.54, 1.807) is 0 Å². The molecule has 0 aliphatic heterocycles. The molecule has 24 heavy (non-hydrogen) atoms. The fraction of sp³-hybridized carbons (Fsp3) is 0.235. The number of hydrogen-bond acceptors (Lipinski definition) is 5. The van der Waals surface area contributed by atoms with Crippen LogP contribution < -0.4 is 10.9 Å². The number of aryl methyl sites for hydroxylation is 2. The van der Waals surface area contributed by atoms with Crippen molar-refractivity contribution < 1.29 is 9.21 Å². The van der Waals surface area contributed by atoms with Gasteiger partial charge in [-0.15, -0.1) is 0 Å². The zero-order valence-electron chi connectivity index (χ0n) is 13.4. The van der Waals surface area contributed by atoms with E-state index in [2.05, 4.69) is 15.3 Å². The first kappa shape index (κ1) is 16.3. The number of nitrogens with one attached hydrogen (secondary N) is 2. The highest BCUT2D eigenvalue weighted by atomic mass is 32.2. The van der Waals surface area contributed by atoms with Gasteiger partial charge >= 0.3 is 0 Å². The molecule has 2 N–H and O–H groups in total. The molecule has 0 aliphatic carbocycles. The summed E-state index contributed by atoms with van der Waals surface area (Å²) in [5, 5.41) is 3.21. The zero-order chi connectivity index (χ0) is 17.1. The molecule has 1 amide bonds. The van der Waals surface area contributed by atoms with Crippen molar-refractivity contribution in [1.29, 1.82) is 0 Å². The Bertz CT molecular complexity index is 913. The number of benzene rings is 1. The van der Waals surface area contributed by atoms with Gasteiger partial charge in [-0.05, 0) is 37.6 Å². The molecule has 2 heterocycles. The minimum atomic E-state index is -0.179. The maximum atomic E-state index is 12.0. The van der Waals surface area contributed by atoms with Crippen LogP contribution in [0.1, 0.15) is 16.8 Å². The maximum Gasteiger partial charge on any atom is 0.257 e. The number of oxazole rings is 1. The van der Waals surface area contributed by atoms with E-state index in [9.17, 15) is 9.59 Å². The van der Waals surface area contributed by atoms with Crippen LogP contribution in [0.15, 0.2) is 44.8 Å². The molecule has 2 aromatic heterocycles. The molecule has 0 saturated heterocycles. The van der Waals surface area contributed by atoms with Crippen molar-refractivity contribution in [1.82, 2.24) is 15.3 Å². The quantitative estimate of drug-likeness (QED) is 0.695. The van der Waals surface area contributed by atoms with Crippen molar-refractivity contribution >= 4 is 28.8 Å². The second-order valence-corrected chi connectivity index (χ2v) is 6.38. The van der Waals surface area contributed by atoms with E-state index < -0.39 is 0 Å². The third kappa shape index (κ3) is 3.68. The van der Waals surface area contributed by atoms with Gasteiger partial charge in [0.1, 0.15) is 5.52 Å². The fourth-order valence-electron chi connectivity index (χ4n) is 2.38. The van der Waals surface area contributed by atoms with E-state index in [0.717, 1.165) is 16.8 Å². The third-order valence-electron chi connectivity index (χ3n) is 3.56. The standard InChI is InChI=1S/C17H17N3O3S/c1-10-7-11(2)19-16(22)12(10)8-18-15(21)9-24-17-20-13-5-3-4-6-14(13)23-17/h3-7H,8-9H2,1-2H3,(H,18,21)(H,19,22). The lowest BCUT2D eigenvalue weighted by molar-refractivity contribution is -0.118. The lowest BCUT2D eigenvalue weighted by atomic mass is 10.1. The monoisotopic (exact) mass is 343 g/mol. The normalized spacial score (nSPS) is 10.9. The molecule has 0 spiro atoms. The van der Waals surface area contributed by atoms with E-state index in [-0.39, 0.29) is 23.8 Å². The van der Waals surface area contributed by atoms with E-state index >= 15 is 0 Å². The number of nitrogens with zero attached hydrogens (tertiary/aromatic N) is 1. The molecular formula is C17H17N3O3S. The van der Waals surface area contributed by atoms with Crippen molar-refractivity contribution in [3.8, 4) is 0 Å². The molecule has 0 saturated carbocycles. The molecule has 3 rings (SSSR count). The zero-order valence-corrected chi connectivity index (χ0v) is 14.2. The smallest absolute Gasteiger partial charge is 0.257 e. The summed E-state index contributed by atoms with van der Waals surface area (Å²) in [7, 11) is 0. The minimum Gasteiger partial charge on any atom is -0.431 e. The average Bonchev–Trinajstić information content (AvgIpc) is 2.94. The van der Waals surface area contributed by atoms with Crippen molar-refractivity contribution in [2.24, 2.45) is 0 Å². The Kier molecular flexibility index (Phi) is 4.71. The Hall–Kier alpha value is -2.54. The summed E-state index contributed by atoms with van der Waals surface area (Å²) >= 11 is 1.22. The van der Waals surface area contributed by atoms with Gasteiger partial charge in [-0.25, -0.2) is 4.98 Å². The van der Waals surface area contributed by atoms with Crippen LogP contribution in [0.2, 0.25) is 0 Å². The van der Waals surface area contributed by atoms with Crippen LogP contribution in [0.3, 0.4) is 0 Å². The Balaban J connectivity index is 1.57. The van der Waals surface area contributed by atoms with Gasteiger partial charge in [0.05, 0.1) is 5.75 Å². The lowest BCUT2D eigenvalue weighted by Crippen LogP contribution is -2.29. The minimum absolute atomic E-state index is 0.167. The molecule has 1 aromatic carbocycles. The van der Waals surface area contributed by atoms with Crippen LogP contribution in [-0.2, 0) is 11.3 Å². The number of carbonyl (C=O) groups excluding carboxylic acids is 1. The van der Waals surface area contributed by atoms with E-state index in [1.165, 1.54) is 11.8 Å². The summed E-state index contributed by atoms with van der Waals surface area (Å²) < 4.78 is 5.55. The SMILES string of the molecule is Cc1cc(C)c(CNC(=O)CSc2nc3ccccc3o2)c(=O)[nH]1. The van der Waals surface area contributed by atoms with E-state index in [4.69, 9.17) is 4.42 Å². The highest BCUT2D eigenvalue weighted by Crippen LogP contribution is 2.22. The summed E-state index contributed by atoms with van der Waals surface area (Å²) in [5.41, 5.74) is 3.53. The van der Waals surface area contributed by atoms with Gasteiger partial charge in [0.2, 0.25) is 5.91 Å². The number of thioether (sulfide) groups is 1. The second kappa shape index (κ2) is 6.92. The Morgan fingerprint density at radius 1 is 1.33 bits per heavy atom.